The van der Waals surface area contributed by atoms with Gasteiger partial charge in [-0.25, -0.2) is 0 Å². The Morgan fingerprint density at radius 3 is 2.67 bits per heavy atom. The van der Waals surface area contributed by atoms with E-state index in [1.165, 1.54) is 27.7 Å². The van der Waals surface area contributed by atoms with Crippen LogP contribution >= 0.6 is 0 Å². The van der Waals surface area contributed by atoms with E-state index in [9.17, 15) is 9.35 Å². The Kier molecular flexibility index (Phi) is 4.98. The van der Waals surface area contributed by atoms with Gasteiger partial charge in [-0.15, -0.1) is 0 Å². The first-order valence-electron chi connectivity index (χ1n) is 9.26. The standard InChI is InChI=1S/C22H23NO3S/c1-27(26)17-9-6-15(7-10-17)12-19-18-4-2-3-5-20(18)23-14-16(13-22(24)25)8-11-21(19)23/h2-7,9-10,16H,8,11-14H2,1H3,(H,24,25). The normalized spacial score (nSPS) is 17.6. The second-order valence-corrected chi connectivity index (χ2v) is 8.71. The summed E-state index contributed by atoms with van der Waals surface area (Å²) in [6, 6.07) is 16.4. The number of hydrogen-bond donors (Lipinski definition) is 1. The van der Waals surface area contributed by atoms with Crippen molar-refractivity contribution in [1.82, 2.24) is 4.57 Å². The fraction of sp³-hybridized carbons (Fsp3) is 0.318. The molecule has 4 rings (SSSR count). The molecular weight excluding hydrogens is 358 g/mol. The molecule has 0 saturated carbocycles. The van der Waals surface area contributed by atoms with E-state index in [2.05, 4.69) is 34.9 Å². The van der Waals surface area contributed by atoms with Crippen molar-refractivity contribution in [2.45, 2.75) is 37.1 Å². The molecule has 0 spiro atoms. The van der Waals surface area contributed by atoms with Crippen LogP contribution in [0.4, 0.5) is 0 Å². The van der Waals surface area contributed by atoms with Crippen LogP contribution in [0.15, 0.2) is 53.4 Å². The molecule has 2 aromatic carbocycles. The molecule has 0 saturated heterocycles. The minimum absolute atomic E-state index is 0.192. The van der Waals surface area contributed by atoms with E-state index in [1.807, 2.05) is 18.2 Å². The number of carboxylic acids is 1. The molecule has 1 aliphatic heterocycles. The van der Waals surface area contributed by atoms with Crippen molar-refractivity contribution in [2.75, 3.05) is 6.26 Å². The topological polar surface area (TPSA) is 65.3 Å². The van der Waals surface area contributed by atoms with Gasteiger partial charge in [0, 0.05) is 29.6 Å². The van der Waals surface area contributed by atoms with Gasteiger partial charge in [0.25, 0.3) is 0 Å². The van der Waals surface area contributed by atoms with Crippen molar-refractivity contribution in [3.05, 3.63) is 65.4 Å². The van der Waals surface area contributed by atoms with Crippen LogP contribution in [-0.4, -0.2) is 26.5 Å². The quantitative estimate of drug-likeness (QED) is 0.679. The Bertz CT molecular complexity index is 975. The van der Waals surface area contributed by atoms with Crippen LogP contribution in [0.1, 0.15) is 29.7 Å². The average Bonchev–Trinajstić information content (AvgIpc) is 2.95. The average molecular weight is 381 g/mol. The van der Waals surface area contributed by atoms with Crippen molar-refractivity contribution < 1.29 is 14.5 Å². The summed E-state index contributed by atoms with van der Waals surface area (Å²) in [5, 5.41) is 10.4. The number of benzene rings is 2. The zero-order chi connectivity index (χ0) is 19.0. The van der Waals surface area contributed by atoms with E-state index in [0.717, 1.165) is 30.7 Å². The van der Waals surface area contributed by atoms with Gasteiger partial charge >= 0.3 is 5.97 Å². The molecule has 4 nitrogen and oxygen atoms in total. The highest BCUT2D eigenvalue weighted by Crippen LogP contribution is 2.34. The molecule has 1 N–H and O–H groups in total. The van der Waals surface area contributed by atoms with Crippen LogP contribution in [0, 0.1) is 5.92 Å². The Hall–Kier alpha value is -2.24. The van der Waals surface area contributed by atoms with Crippen molar-refractivity contribution in [3.63, 3.8) is 0 Å². The summed E-state index contributed by atoms with van der Waals surface area (Å²) < 4.78 is 13.9. The minimum atomic E-state index is -0.961. The predicted molar refractivity (Wildman–Crippen MR) is 108 cm³/mol. The Balaban J connectivity index is 1.70. The maximum Gasteiger partial charge on any atom is 0.303 e. The number of rotatable bonds is 5. The smallest absolute Gasteiger partial charge is 0.303 e. The summed E-state index contributed by atoms with van der Waals surface area (Å²) in [6.45, 7) is 0.774. The zero-order valence-electron chi connectivity index (χ0n) is 15.4. The Morgan fingerprint density at radius 1 is 1.22 bits per heavy atom. The molecule has 27 heavy (non-hydrogen) atoms. The number of carboxylic acid groups (broad SMARTS) is 1. The van der Waals surface area contributed by atoms with E-state index in [4.69, 9.17) is 5.11 Å². The van der Waals surface area contributed by atoms with Gasteiger partial charge in [0.05, 0.1) is 0 Å². The molecule has 0 amide bonds. The molecule has 1 aliphatic rings. The summed E-state index contributed by atoms with van der Waals surface area (Å²) in [6.07, 6.45) is 4.60. The molecule has 1 aromatic heterocycles. The minimum Gasteiger partial charge on any atom is -0.612 e. The molecule has 0 radical (unpaired) electrons. The fourth-order valence-electron chi connectivity index (χ4n) is 4.23. The van der Waals surface area contributed by atoms with E-state index >= 15 is 0 Å². The third kappa shape index (κ3) is 3.62. The van der Waals surface area contributed by atoms with E-state index in [1.54, 1.807) is 6.26 Å². The number of hydrogen-bond acceptors (Lipinski definition) is 2. The van der Waals surface area contributed by atoms with Gasteiger partial charge in [0.2, 0.25) is 0 Å². The third-order valence-electron chi connectivity index (χ3n) is 5.52. The van der Waals surface area contributed by atoms with Crippen LogP contribution < -0.4 is 0 Å². The Labute approximate surface area is 162 Å². The third-order valence-corrected chi connectivity index (χ3v) is 6.46. The largest absolute Gasteiger partial charge is 0.612 e. The molecule has 5 heteroatoms. The summed E-state index contributed by atoms with van der Waals surface area (Å²) in [5.41, 5.74) is 5.07. The van der Waals surface area contributed by atoms with E-state index < -0.39 is 17.1 Å². The van der Waals surface area contributed by atoms with Gasteiger partial charge in [-0.1, -0.05) is 30.3 Å². The van der Waals surface area contributed by atoms with Gasteiger partial charge in [-0.3, -0.25) is 4.79 Å². The first kappa shape index (κ1) is 18.1. The lowest BCUT2D eigenvalue weighted by molar-refractivity contribution is -0.138. The number of aromatic nitrogens is 1. The lowest BCUT2D eigenvalue weighted by Gasteiger charge is -2.25. The summed E-state index contributed by atoms with van der Waals surface area (Å²) in [7, 11) is 0. The molecule has 0 fully saturated rings. The van der Waals surface area contributed by atoms with Gasteiger partial charge in [-0.2, -0.15) is 0 Å². The number of fused-ring (bicyclic) bond motifs is 3. The van der Waals surface area contributed by atoms with Crippen LogP contribution in [0.5, 0.6) is 0 Å². The second-order valence-electron chi connectivity index (χ2n) is 7.33. The molecule has 2 atom stereocenters. The Morgan fingerprint density at radius 2 is 1.96 bits per heavy atom. The van der Waals surface area contributed by atoms with E-state index in [-0.39, 0.29) is 12.3 Å². The van der Waals surface area contributed by atoms with Crippen molar-refractivity contribution in [1.29, 1.82) is 0 Å². The second kappa shape index (κ2) is 7.41. The zero-order valence-corrected chi connectivity index (χ0v) is 16.2. The molecule has 2 unspecified atom stereocenters. The van der Waals surface area contributed by atoms with Crippen LogP contribution in [0.3, 0.4) is 0 Å². The maximum atomic E-state index is 11.6. The number of nitrogens with zero attached hydrogens (tertiary/aromatic N) is 1. The van der Waals surface area contributed by atoms with Gasteiger partial charge in [0.15, 0.2) is 4.90 Å². The molecule has 3 aromatic rings. The first-order chi connectivity index (χ1) is 13.0. The van der Waals surface area contributed by atoms with Crippen LogP contribution in [0.2, 0.25) is 0 Å². The van der Waals surface area contributed by atoms with Crippen LogP contribution in [-0.2, 0) is 35.4 Å². The molecular formula is C22H23NO3S. The highest BCUT2D eigenvalue weighted by atomic mass is 32.2. The highest BCUT2D eigenvalue weighted by molar-refractivity contribution is 7.90. The highest BCUT2D eigenvalue weighted by Gasteiger charge is 2.26. The molecule has 140 valence electrons. The van der Waals surface area contributed by atoms with Gasteiger partial charge in [0.1, 0.15) is 6.26 Å². The number of para-hydroxylation sites is 1. The van der Waals surface area contributed by atoms with Gasteiger partial charge < -0.3 is 14.2 Å². The van der Waals surface area contributed by atoms with Gasteiger partial charge in [-0.05, 0) is 65.7 Å². The van der Waals surface area contributed by atoms with Crippen molar-refractivity contribution in [3.8, 4) is 0 Å². The summed E-state index contributed by atoms with van der Waals surface area (Å²) >= 11 is -0.961. The van der Waals surface area contributed by atoms with Crippen LogP contribution in [0.25, 0.3) is 10.9 Å². The molecule has 0 aliphatic carbocycles. The summed E-state index contributed by atoms with van der Waals surface area (Å²) in [4.78, 5) is 12.0. The molecule has 2 heterocycles. The number of aliphatic carboxylic acids is 1. The SMILES string of the molecule is C[S+]([O-])c1ccc(Cc2c3n(c4ccccc24)CC(CC(=O)O)CC3)cc1. The lowest BCUT2D eigenvalue weighted by atomic mass is 9.92. The first-order valence-corrected chi connectivity index (χ1v) is 10.8. The maximum absolute atomic E-state index is 11.6. The molecule has 0 bridgehead atoms. The van der Waals surface area contributed by atoms with Crippen molar-refractivity contribution in [2.24, 2.45) is 5.92 Å². The van der Waals surface area contributed by atoms with E-state index in [0.29, 0.717) is 0 Å². The monoisotopic (exact) mass is 381 g/mol. The van der Waals surface area contributed by atoms with Crippen molar-refractivity contribution >= 4 is 28.0 Å². The lowest BCUT2D eigenvalue weighted by Crippen LogP contribution is -2.22. The summed E-state index contributed by atoms with van der Waals surface area (Å²) in [5.74, 6) is -0.522. The number of carbonyl (C=O) groups is 1. The fourth-order valence-corrected chi connectivity index (χ4v) is 4.75. The predicted octanol–water partition coefficient (Wildman–Crippen LogP) is 4.01.